The van der Waals surface area contributed by atoms with E-state index in [4.69, 9.17) is 25.8 Å². The third kappa shape index (κ3) is 2.11. The average molecular weight is 270 g/mol. The van der Waals surface area contributed by atoms with E-state index in [-0.39, 0.29) is 11.9 Å². The van der Waals surface area contributed by atoms with Gasteiger partial charge < -0.3 is 19.5 Å². The minimum absolute atomic E-state index is 0.0875. The fourth-order valence-electron chi connectivity index (χ4n) is 1.83. The van der Waals surface area contributed by atoms with E-state index in [1.54, 1.807) is 12.1 Å². The lowest BCUT2D eigenvalue weighted by molar-refractivity contribution is -0.00347. The molecule has 0 saturated carbocycles. The van der Waals surface area contributed by atoms with Crippen molar-refractivity contribution < 1.29 is 19.0 Å². The number of carbonyl (C=O) groups excluding carboxylic acids is 1. The Balaban J connectivity index is 1.83. The highest BCUT2D eigenvalue weighted by Crippen LogP contribution is 2.38. The van der Waals surface area contributed by atoms with Crippen molar-refractivity contribution in [2.45, 2.75) is 6.04 Å². The van der Waals surface area contributed by atoms with Gasteiger partial charge in [0.1, 0.15) is 13.2 Å². The van der Waals surface area contributed by atoms with Gasteiger partial charge in [-0.2, -0.15) is 0 Å². The van der Waals surface area contributed by atoms with Gasteiger partial charge in [0.05, 0.1) is 24.3 Å². The van der Waals surface area contributed by atoms with Crippen LogP contribution in [0.15, 0.2) is 12.1 Å². The summed E-state index contributed by atoms with van der Waals surface area (Å²) in [6.07, 6.45) is 0. The highest BCUT2D eigenvalue weighted by Gasteiger charge is 2.23. The van der Waals surface area contributed by atoms with Crippen molar-refractivity contribution in [1.82, 2.24) is 5.32 Å². The molecule has 1 fully saturated rings. The van der Waals surface area contributed by atoms with E-state index in [9.17, 15) is 4.79 Å². The lowest BCUT2D eigenvalue weighted by Crippen LogP contribution is -2.48. The first-order valence-electron chi connectivity index (χ1n) is 5.72. The molecule has 0 spiro atoms. The van der Waals surface area contributed by atoms with Gasteiger partial charge in [0, 0.05) is 5.56 Å². The molecule has 0 unspecified atom stereocenters. The van der Waals surface area contributed by atoms with Gasteiger partial charge in [0.2, 0.25) is 0 Å². The Bertz CT molecular complexity index is 487. The fraction of sp³-hybridized carbons (Fsp3) is 0.417. The first-order chi connectivity index (χ1) is 8.74. The molecule has 0 bridgehead atoms. The Morgan fingerprint density at radius 2 is 2.06 bits per heavy atom. The molecule has 1 saturated heterocycles. The van der Waals surface area contributed by atoms with E-state index in [0.717, 1.165) is 0 Å². The van der Waals surface area contributed by atoms with Gasteiger partial charge in [0.25, 0.3) is 5.91 Å². The van der Waals surface area contributed by atoms with Crippen molar-refractivity contribution >= 4 is 17.5 Å². The molecular formula is C12H12ClNO4. The van der Waals surface area contributed by atoms with Gasteiger partial charge >= 0.3 is 0 Å². The van der Waals surface area contributed by atoms with E-state index in [2.05, 4.69) is 5.32 Å². The number of nitrogens with one attached hydrogen (secondary N) is 1. The Kier molecular flexibility index (Phi) is 3.01. The van der Waals surface area contributed by atoms with Crippen LogP contribution in [0, 0.1) is 0 Å². The smallest absolute Gasteiger partial charge is 0.251 e. The minimum Gasteiger partial charge on any atom is -0.486 e. The first kappa shape index (κ1) is 11.6. The molecule has 2 aliphatic rings. The lowest BCUT2D eigenvalue weighted by atomic mass is 10.1. The average Bonchev–Trinajstić information content (AvgIpc) is 2.33. The summed E-state index contributed by atoms with van der Waals surface area (Å²) in [6, 6.07) is 3.32. The molecule has 2 aliphatic heterocycles. The first-order valence-corrected chi connectivity index (χ1v) is 6.09. The molecule has 1 aromatic rings. The van der Waals surface area contributed by atoms with Crippen LogP contribution in [0.2, 0.25) is 5.02 Å². The zero-order chi connectivity index (χ0) is 12.5. The molecule has 1 amide bonds. The van der Waals surface area contributed by atoms with Gasteiger partial charge in [-0.05, 0) is 12.1 Å². The van der Waals surface area contributed by atoms with Crippen molar-refractivity contribution in [1.29, 1.82) is 0 Å². The quantitative estimate of drug-likeness (QED) is 0.878. The summed E-state index contributed by atoms with van der Waals surface area (Å²) in [5.41, 5.74) is 0.469. The summed E-state index contributed by atoms with van der Waals surface area (Å²) in [7, 11) is 0. The summed E-state index contributed by atoms with van der Waals surface area (Å²) >= 11 is 6.07. The Morgan fingerprint density at radius 3 is 2.78 bits per heavy atom. The number of hydrogen-bond acceptors (Lipinski definition) is 4. The Labute approximate surface area is 109 Å². The molecule has 6 heteroatoms. The molecule has 0 radical (unpaired) electrons. The third-order valence-electron chi connectivity index (χ3n) is 2.83. The second kappa shape index (κ2) is 4.66. The van der Waals surface area contributed by atoms with Crippen LogP contribution in [0.3, 0.4) is 0 Å². The number of fused-ring (bicyclic) bond motifs is 1. The molecule has 2 heterocycles. The maximum absolute atomic E-state index is 12.0. The van der Waals surface area contributed by atoms with E-state index >= 15 is 0 Å². The number of hydrogen-bond donors (Lipinski definition) is 1. The third-order valence-corrected chi connectivity index (χ3v) is 3.11. The van der Waals surface area contributed by atoms with E-state index in [1.165, 1.54) is 0 Å². The molecule has 5 nitrogen and oxygen atoms in total. The number of carbonyl (C=O) groups is 1. The van der Waals surface area contributed by atoms with E-state index in [1.807, 2.05) is 0 Å². The van der Waals surface area contributed by atoms with Gasteiger partial charge in [0.15, 0.2) is 11.5 Å². The molecule has 96 valence electrons. The van der Waals surface area contributed by atoms with Crippen LogP contribution in [0.1, 0.15) is 10.4 Å². The summed E-state index contributed by atoms with van der Waals surface area (Å²) in [6.45, 7) is 2.05. The predicted octanol–water partition coefficient (Wildman–Crippen LogP) is 1.24. The van der Waals surface area contributed by atoms with Crippen LogP contribution in [0.4, 0.5) is 0 Å². The van der Waals surface area contributed by atoms with Gasteiger partial charge in [-0.1, -0.05) is 11.6 Å². The fourth-order valence-corrected chi connectivity index (χ4v) is 2.09. The minimum atomic E-state index is -0.179. The summed E-state index contributed by atoms with van der Waals surface area (Å²) in [5, 5.41) is 3.24. The van der Waals surface area contributed by atoms with Gasteiger partial charge in [-0.3, -0.25) is 4.79 Å². The van der Waals surface area contributed by atoms with Crippen LogP contribution >= 0.6 is 11.6 Å². The number of halogens is 1. The van der Waals surface area contributed by atoms with Crippen molar-refractivity contribution in [3.8, 4) is 11.5 Å². The summed E-state index contributed by atoms with van der Waals surface area (Å²) < 4.78 is 15.8. The van der Waals surface area contributed by atoms with Crippen molar-refractivity contribution in [3.63, 3.8) is 0 Å². The van der Waals surface area contributed by atoms with Crippen LogP contribution in [-0.2, 0) is 4.74 Å². The monoisotopic (exact) mass is 269 g/mol. The molecule has 0 aliphatic carbocycles. The second-order valence-corrected chi connectivity index (χ2v) is 4.60. The zero-order valence-electron chi connectivity index (χ0n) is 9.57. The van der Waals surface area contributed by atoms with E-state index < -0.39 is 0 Å². The molecule has 0 atom stereocenters. The molecular weight excluding hydrogens is 258 g/mol. The number of amides is 1. The molecule has 18 heavy (non-hydrogen) atoms. The highest BCUT2D eigenvalue weighted by molar-refractivity contribution is 6.32. The Morgan fingerprint density at radius 1 is 1.28 bits per heavy atom. The van der Waals surface area contributed by atoms with Crippen molar-refractivity contribution in [3.05, 3.63) is 22.7 Å². The SMILES string of the molecule is O=C(NC1COC1)c1cc(Cl)c2c(c1)OCCO2. The van der Waals surface area contributed by atoms with Crippen LogP contribution in [0.5, 0.6) is 11.5 Å². The number of rotatable bonds is 2. The zero-order valence-corrected chi connectivity index (χ0v) is 10.3. The van der Waals surface area contributed by atoms with Crippen molar-refractivity contribution in [2.24, 2.45) is 0 Å². The molecule has 0 aromatic heterocycles. The summed E-state index contributed by atoms with van der Waals surface area (Å²) in [4.78, 5) is 12.0. The Hall–Kier alpha value is -1.46. The van der Waals surface area contributed by atoms with Crippen LogP contribution in [0.25, 0.3) is 0 Å². The van der Waals surface area contributed by atoms with Gasteiger partial charge in [-0.25, -0.2) is 0 Å². The van der Waals surface area contributed by atoms with Crippen LogP contribution < -0.4 is 14.8 Å². The normalized spacial score (nSPS) is 18.1. The maximum Gasteiger partial charge on any atom is 0.251 e. The maximum atomic E-state index is 12.0. The van der Waals surface area contributed by atoms with E-state index in [0.29, 0.717) is 48.5 Å². The van der Waals surface area contributed by atoms with Crippen LogP contribution in [-0.4, -0.2) is 38.4 Å². The topological polar surface area (TPSA) is 56.8 Å². The second-order valence-electron chi connectivity index (χ2n) is 4.19. The standard InChI is InChI=1S/C12H12ClNO4/c13-9-3-7(12(15)14-8-5-16-6-8)4-10-11(9)18-2-1-17-10/h3-4,8H,1-2,5-6H2,(H,14,15). The highest BCUT2D eigenvalue weighted by atomic mass is 35.5. The molecule has 1 aromatic carbocycles. The van der Waals surface area contributed by atoms with Crippen molar-refractivity contribution in [2.75, 3.05) is 26.4 Å². The predicted molar refractivity (Wildman–Crippen MR) is 64.5 cm³/mol. The number of benzene rings is 1. The molecule has 1 N–H and O–H groups in total. The van der Waals surface area contributed by atoms with Gasteiger partial charge in [-0.15, -0.1) is 0 Å². The number of ether oxygens (including phenoxy) is 3. The lowest BCUT2D eigenvalue weighted by Gasteiger charge is -2.27. The summed E-state index contributed by atoms with van der Waals surface area (Å²) in [5.74, 6) is 0.845. The largest absolute Gasteiger partial charge is 0.486 e. The molecule has 3 rings (SSSR count).